The van der Waals surface area contributed by atoms with Crippen LogP contribution in [0.1, 0.15) is 34.6 Å². The quantitative estimate of drug-likeness (QED) is 0.652. The van der Waals surface area contributed by atoms with E-state index < -0.39 is 5.97 Å². The van der Waals surface area contributed by atoms with Gasteiger partial charge in [-0.3, -0.25) is 0 Å². The number of carbonyl (C=O) groups excluding carboxylic acids is 1. The monoisotopic (exact) mass is 305 g/mol. The van der Waals surface area contributed by atoms with Gasteiger partial charge in [0.2, 0.25) is 5.76 Å². The van der Waals surface area contributed by atoms with Gasteiger partial charge in [0.15, 0.2) is 0 Å². The number of hydrogen-bond donors (Lipinski definition) is 1. The topological polar surface area (TPSA) is 51.5 Å². The molecule has 112 valence electrons. The number of furan rings is 1. The maximum Gasteiger partial charge on any atom is 0.374 e. The molecular weight excluding hydrogens is 286 g/mol. The van der Waals surface area contributed by atoms with E-state index in [1.807, 2.05) is 0 Å². The summed E-state index contributed by atoms with van der Waals surface area (Å²) in [4.78, 5) is 12.8. The van der Waals surface area contributed by atoms with Crippen LogP contribution in [-0.4, -0.2) is 19.3 Å². The Labute approximate surface area is 128 Å². The number of rotatable bonds is 6. The molecule has 0 aliphatic heterocycles. The zero-order valence-electron chi connectivity index (χ0n) is 12.4. The predicted octanol–water partition coefficient (Wildman–Crippen LogP) is 3.64. The first kappa shape index (κ1) is 15.7. The molecule has 2 rings (SSSR count). The first-order valence-corrected chi connectivity index (χ1v) is 7.90. The van der Waals surface area contributed by atoms with Crippen LogP contribution in [-0.2, 0) is 11.3 Å². The van der Waals surface area contributed by atoms with E-state index in [-0.39, 0.29) is 11.8 Å². The van der Waals surface area contributed by atoms with E-state index in [0.29, 0.717) is 6.54 Å². The van der Waals surface area contributed by atoms with Crippen LogP contribution in [0.2, 0.25) is 0 Å². The van der Waals surface area contributed by atoms with Gasteiger partial charge in [-0.2, -0.15) is 0 Å². The number of methoxy groups -OCH3 is 1. The van der Waals surface area contributed by atoms with Crippen LogP contribution in [0.3, 0.4) is 0 Å². The van der Waals surface area contributed by atoms with Crippen molar-refractivity contribution in [2.24, 2.45) is 0 Å². The molecule has 0 saturated carbocycles. The van der Waals surface area contributed by atoms with Gasteiger partial charge in [0, 0.05) is 23.0 Å². The molecule has 1 unspecified atom stereocenters. The summed E-state index contributed by atoms with van der Waals surface area (Å²) in [6.07, 6.45) is 3.56. The molecule has 0 aliphatic rings. The fourth-order valence-corrected chi connectivity index (χ4v) is 2.43. The third kappa shape index (κ3) is 3.89. The molecule has 0 fully saturated rings. The first-order valence-electron chi connectivity index (χ1n) is 6.67. The van der Waals surface area contributed by atoms with Gasteiger partial charge in [0.05, 0.1) is 13.4 Å². The molecule has 21 heavy (non-hydrogen) atoms. The highest BCUT2D eigenvalue weighted by Crippen LogP contribution is 2.20. The van der Waals surface area contributed by atoms with Crippen molar-refractivity contribution in [2.75, 3.05) is 13.4 Å². The third-order valence-corrected chi connectivity index (χ3v) is 4.08. The Kier molecular flexibility index (Phi) is 5.47. The molecule has 1 aromatic heterocycles. The standard InChI is InChI=1S/C16H19NO3S/c1-11(12-4-6-14(21-3)7-5-12)17-10-13-8-9-20-15(13)16(18)19-2/h4-9,11,17H,10H2,1-3H3. The molecule has 1 N–H and O–H groups in total. The maximum absolute atomic E-state index is 11.5. The SMILES string of the molecule is COC(=O)c1occc1CNC(C)c1ccc(SC)cc1. The first-order chi connectivity index (χ1) is 10.2. The highest BCUT2D eigenvalue weighted by molar-refractivity contribution is 7.98. The van der Waals surface area contributed by atoms with Crippen molar-refractivity contribution in [3.63, 3.8) is 0 Å². The van der Waals surface area contributed by atoms with Gasteiger partial charge in [-0.25, -0.2) is 4.79 Å². The Hall–Kier alpha value is -1.72. The average Bonchev–Trinajstić information content (AvgIpc) is 3.00. The number of hydrogen-bond acceptors (Lipinski definition) is 5. The smallest absolute Gasteiger partial charge is 0.374 e. The molecule has 5 heteroatoms. The zero-order chi connectivity index (χ0) is 15.2. The Morgan fingerprint density at radius 1 is 1.33 bits per heavy atom. The summed E-state index contributed by atoms with van der Waals surface area (Å²) in [5.74, 6) is -0.191. The van der Waals surface area contributed by atoms with Gasteiger partial charge in [0.25, 0.3) is 0 Å². The molecule has 2 aromatic rings. The minimum Gasteiger partial charge on any atom is -0.463 e. The summed E-state index contributed by atoms with van der Waals surface area (Å²) in [6, 6.07) is 10.4. The second-order valence-corrected chi connectivity index (χ2v) is 5.52. The molecule has 0 spiro atoms. The van der Waals surface area contributed by atoms with Crippen molar-refractivity contribution in [1.29, 1.82) is 0 Å². The fourth-order valence-electron chi connectivity index (χ4n) is 2.02. The Morgan fingerprint density at radius 3 is 2.67 bits per heavy atom. The van der Waals surface area contributed by atoms with E-state index in [2.05, 4.69) is 47.5 Å². The van der Waals surface area contributed by atoms with Gasteiger partial charge in [0.1, 0.15) is 0 Å². The second-order valence-electron chi connectivity index (χ2n) is 4.64. The molecular formula is C16H19NO3S. The van der Waals surface area contributed by atoms with Crippen molar-refractivity contribution >= 4 is 17.7 Å². The van der Waals surface area contributed by atoms with Gasteiger partial charge in [-0.1, -0.05) is 12.1 Å². The Balaban J connectivity index is 1.99. The van der Waals surface area contributed by atoms with Crippen LogP contribution in [0.25, 0.3) is 0 Å². The molecule has 0 radical (unpaired) electrons. The minimum absolute atomic E-state index is 0.182. The maximum atomic E-state index is 11.5. The van der Waals surface area contributed by atoms with Crippen molar-refractivity contribution in [3.05, 3.63) is 53.5 Å². The number of carbonyl (C=O) groups is 1. The lowest BCUT2D eigenvalue weighted by Gasteiger charge is -2.14. The summed E-state index contributed by atoms with van der Waals surface area (Å²) < 4.78 is 9.86. The third-order valence-electron chi connectivity index (χ3n) is 3.33. The number of thioether (sulfide) groups is 1. The Morgan fingerprint density at radius 2 is 2.05 bits per heavy atom. The van der Waals surface area contributed by atoms with E-state index in [1.54, 1.807) is 17.8 Å². The number of esters is 1. The van der Waals surface area contributed by atoms with Crippen molar-refractivity contribution in [1.82, 2.24) is 5.32 Å². The van der Waals surface area contributed by atoms with Crippen molar-refractivity contribution in [3.8, 4) is 0 Å². The Bertz CT molecular complexity index is 592. The molecule has 0 amide bonds. The lowest BCUT2D eigenvalue weighted by molar-refractivity contribution is 0.0563. The van der Waals surface area contributed by atoms with Gasteiger partial charge < -0.3 is 14.5 Å². The van der Waals surface area contributed by atoms with E-state index in [4.69, 9.17) is 4.42 Å². The largest absolute Gasteiger partial charge is 0.463 e. The summed E-state index contributed by atoms with van der Waals surface area (Å²) in [6.45, 7) is 2.64. The molecule has 1 atom stereocenters. The summed E-state index contributed by atoms with van der Waals surface area (Å²) in [7, 11) is 1.35. The van der Waals surface area contributed by atoms with Crippen LogP contribution >= 0.6 is 11.8 Å². The normalized spacial score (nSPS) is 12.1. The lowest BCUT2D eigenvalue weighted by atomic mass is 10.1. The van der Waals surface area contributed by atoms with Crippen LogP contribution in [0.15, 0.2) is 45.9 Å². The highest BCUT2D eigenvalue weighted by atomic mass is 32.2. The number of benzene rings is 1. The minimum atomic E-state index is -0.450. The summed E-state index contributed by atoms with van der Waals surface area (Å²) in [5, 5.41) is 3.38. The molecule has 0 saturated heterocycles. The summed E-state index contributed by atoms with van der Waals surface area (Å²) in [5.41, 5.74) is 2.00. The van der Waals surface area contributed by atoms with Crippen LogP contribution in [0.5, 0.6) is 0 Å². The van der Waals surface area contributed by atoms with Crippen molar-refractivity contribution in [2.45, 2.75) is 24.4 Å². The van der Waals surface area contributed by atoms with Gasteiger partial charge in [-0.05, 0) is 36.9 Å². The molecule has 4 nitrogen and oxygen atoms in total. The van der Waals surface area contributed by atoms with E-state index in [0.717, 1.165) is 5.56 Å². The summed E-state index contributed by atoms with van der Waals surface area (Å²) >= 11 is 1.72. The fraction of sp³-hybridized carbons (Fsp3) is 0.312. The number of nitrogens with one attached hydrogen (secondary N) is 1. The van der Waals surface area contributed by atoms with E-state index in [1.165, 1.54) is 23.8 Å². The predicted molar refractivity (Wildman–Crippen MR) is 83.5 cm³/mol. The van der Waals surface area contributed by atoms with Crippen LogP contribution in [0, 0.1) is 0 Å². The van der Waals surface area contributed by atoms with Crippen molar-refractivity contribution < 1.29 is 13.9 Å². The van der Waals surface area contributed by atoms with Gasteiger partial charge >= 0.3 is 5.97 Å². The molecule has 0 bridgehead atoms. The molecule has 1 heterocycles. The van der Waals surface area contributed by atoms with E-state index in [9.17, 15) is 4.79 Å². The average molecular weight is 305 g/mol. The highest BCUT2D eigenvalue weighted by Gasteiger charge is 2.16. The second kappa shape index (κ2) is 7.33. The van der Waals surface area contributed by atoms with Gasteiger partial charge in [-0.15, -0.1) is 11.8 Å². The molecule has 0 aliphatic carbocycles. The lowest BCUT2D eigenvalue weighted by Crippen LogP contribution is -2.19. The zero-order valence-corrected chi connectivity index (χ0v) is 13.2. The molecule has 1 aromatic carbocycles. The van der Waals surface area contributed by atoms with Crippen LogP contribution in [0.4, 0.5) is 0 Å². The van der Waals surface area contributed by atoms with Crippen LogP contribution < -0.4 is 5.32 Å². The van der Waals surface area contributed by atoms with E-state index >= 15 is 0 Å². The number of ether oxygens (including phenoxy) is 1.